The third-order valence-corrected chi connectivity index (χ3v) is 4.84. The van der Waals surface area contributed by atoms with E-state index in [0.717, 1.165) is 28.3 Å². The van der Waals surface area contributed by atoms with Gasteiger partial charge in [-0.2, -0.15) is 0 Å². The highest BCUT2D eigenvalue weighted by Crippen LogP contribution is 2.38. The van der Waals surface area contributed by atoms with Crippen molar-refractivity contribution in [2.75, 3.05) is 26.1 Å². The maximum atomic E-state index is 5.51. The Bertz CT molecular complexity index is 1100. The molecule has 3 nitrogen and oxygen atoms in total. The van der Waals surface area contributed by atoms with Gasteiger partial charge in [0.2, 0.25) is 0 Å². The molecule has 4 aromatic rings. The summed E-state index contributed by atoms with van der Waals surface area (Å²) in [6.07, 6.45) is 1.86. The Labute approximate surface area is 159 Å². The van der Waals surface area contributed by atoms with Crippen LogP contribution < -0.4 is 9.64 Å². The summed E-state index contributed by atoms with van der Waals surface area (Å²) in [4.78, 5) is 6.74. The van der Waals surface area contributed by atoms with E-state index < -0.39 is 0 Å². The first kappa shape index (κ1) is 17.1. The fraction of sp³-hybridized carbons (Fsp3) is 0.125. The lowest BCUT2D eigenvalue weighted by Crippen LogP contribution is -2.08. The van der Waals surface area contributed by atoms with Crippen molar-refractivity contribution in [1.29, 1.82) is 0 Å². The molecule has 1 heterocycles. The van der Waals surface area contributed by atoms with Crippen molar-refractivity contribution in [3.05, 3.63) is 79.0 Å². The third kappa shape index (κ3) is 3.24. The highest BCUT2D eigenvalue weighted by atomic mass is 16.5. The van der Waals surface area contributed by atoms with E-state index >= 15 is 0 Å². The summed E-state index contributed by atoms with van der Waals surface area (Å²) in [5, 5.41) is 2.44. The van der Waals surface area contributed by atoms with Crippen LogP contribution in [0.2, 0.25) is 0 Å². The molecule has 27 heavy (non-hydrogen) atoms. The molecule has 0 aliphatic carbocycles. The van der Waals surface area contributed by atoms with Crippen molar-refractivity contribution >= 4 is 16.5 Å². The second-order valence-corrected chi connectivity index (χ2v) is 6.73. The molecule has 1 aromatic heterocycles. The third-order valence-electron chi connectivity index (χ3n) is 4.84. The molecule has 0 spiro atoms. The van der Waals surface area contributed by atoms with Gasteiger partial charge in [0.15, 0.2) is 0 Å². The second-order valence-electron chi connectivity index (χ2n) is 6.73. The van der Waals surface area contributed by atoms with Gasteiger partial charge in [-0.05, 0) is 52.2 Å². The molecule has 0 atom stereocenters. The lowest BCUT2D eigenvalue weighted by atomic mass is 9.93. The predicted octanol–water partition coefficient (Wildman–Crippen LogP) is 5.64. The minimum absolute atomic E-state index is 0.838. The van der Waals surface area contributed by atoms with Gasteiger partial charge >= 0.3 is 0 Å². The van der Waals surface area contributed by atoms with Crippen LogP contribution in [0, 0.1) is 0 Å². The van der Waals surface area contributed by atoms with Crippen LogP contribution in [0.4, 0.5) is 5.69 Å². The number of nitrogens with zero attached hydrogens (tertiary/aromatic N) is 2. The SMILES string of the molecule is COc1ccc(-c2cc(N(C)C)ccn2)c(-c2cccc3ccccc23)c1. The Morgan fingerprint density at radius 2 is 1.59 bits per heavy atom. The number of rotatable bonds is 4. The molecule has 134 valence electrons. The van der Waals surface area contributed by atoms with Crippen LogP contribution in [-0.4, -0.2) is 26.2 Å². The van der Waals surface area contributed by atoms with E-state index in [1.165, 1.54) is 16.3 Å². The monoisotopic (exact) mass is 354 g/mol. The van der Waals surface area contributed by atoms with E-state index in [1.54, 1.807) is 7.11 Å². The molecule has 3 aromatic carbocycles. The summed E-state index contributed by atoms with van der Waals surface area (Å²) in [6.45, 7) is 0. The molecule has 0 saturated heterocycles. The lowest BCUT2D eigenvalue weighted by molar-refractivity contribution is 0.415. The second kappa shape index (κ2) is 7.12. The number of methoxy groups -OCH3 is 1. The van der Waals surface area contributed by atoms with Crippen molar-refractivity contribution in [3.63, 3.8) is 0 Å². The average molecular weight is 354 g/mol. The summed E-state index contributed by atoms with van der Waals surface area (Å²) in [5.74, 6) is 0.838. The molecule has 3 heteroatoms. The van der Waals surface area contributed by atoms with E-state index in [-0.39, 0.29) is 0 Å². The summed E-state index contributed by atoms with van der Waals surface area (Å²) in [5.41, 5.74) is 5.47. The van der Waals surface area contributed by atoms with Crippen LogP contribution in [0.15, 0.2) is 79.0 Å². The van der Waals surface area contributed by atoms with Crippen LogP contribution in [0.5, 0.6) is 5.75 Å². The number of ether oxygens (including phenoxy) is 1. The first-order valence-electron chi connectivity index (χ1n) is 8.97. The first-order valence-corrected chi connectivity index (χ1v) is 8.97. The number of benzene rings is 3. The fourth-order valence-corrected chi connectivity index (χ4v) is 3.40. The standard InChI is InChI=1S/C24H22N2O/c1-26(2)18-13-14-25-24(15-18)22-12-11-19(27-3)16-23(22)21-10-6-8-17-7-4-5-9-20(17)21/h4-16H,1-3H3. The molecule has 0 amide bonds. The fourth-order valence-electron chi connectivity index (χ4n) is 3.40. The lowest BCUT2D eigenvalue weighted by Gasteiger charge is -2.16. The predicted molar refractivity (Wildman–Crippen MR) is 113 cm³/mol. The summed E-state index contributed by atoms with van der Waals surface area (Å²) < 4.78 is 5.51. The first-order chi connectivity index (χ1) is 13.2. The van der Waals surface area contributed by atoms with E-state index in [4.69, 9.17) is 4.74 Å². The number of pyridine rings is 1. The smallest absolute Gasteiger partial charge is 0.119 e. The zero-order valence-electron chi connectivity index (χ0n) is 15.8. The average Bonchev–Trinajstić information content (AvgIpc) is 2.73. The van der Waals surface area contributed by atoms with Crippen LogP contribution in [0.1, 0.15) is 0 Å². The molecule has 0 saturated carbocycles. The maximum absolute atomic E-state index is 5.51. The summed E-state index contributed by atoms with van der Waals surface area (Å²) >= 11 is 0. The number of hydrogen-bond acceptors (Lipinski definition) is 3. The normalized spacial score (nSPS) is 10.8. The van der Waals surface area contributed by atoms with Gasteiger partial charge in [0.05, 0.1) is 12.8 Å². The van der Waals surface area contributed by atoms with E-state index in [2.05, 4.69) is 70.5 Å². The van der Waals surface area contributed by atoms with Gasteiger partial charge in [-0.3, -0.25) is 4.98 Å². The molecule has 0 bridgehead atoms. The van der Waals surface area contributed by atoms with Crippen LogP contribution in [0.25, 0.3) is 33.2 Å². The number of hydrogen-bond donors (Lipinski definition) is 0. The van der Waals surface area contributed by atoms with Crippen molar-refractivity contribution in [2.24, 2.45) is 0 Å². The quantitative estimate of drug-likeness (QED) is 0.474. The molecule has 4 rings (SSSR count). The molecule has 0 aliphatic rings. The van der Waals surface area contributed by atoms with Crippen molar-refractivity contribution in [2.45, 2.75) is 0 Å². The van der Waals surface area contributed by atoms with E-state index in [0.29, 0.717) is 0 Å². The van der Waals surface area contributed by atoms with Crippen molar-refractivity contribution in [1.82, 2.24) is 4.98 Å². The van der Waals surface area contributed by atoms with E-state index in [9.17, 15) is 0 Å². The summed E-state index contributed by atoms with van der Waals surface area (Å²) in [7, 11) is 5.78. The van der Waals surface area contributed by atoms with Crippen LogP contribution >= 0.6 is 0 Å². The number of aromatic nitrogens is 1. The van der Waals surface area contributed by atoms with Gasteiger partial charge in [0.25, 0.3) is 0 Å². The van der Waals surface area contributed by atoms with Gasteiger partial charge in [0.1, 0.15) is 5.75 Å². The number of fused-ring (bicyclic) bond motifs is 1. The Morgan fingerprint density at radius 3 is 2.41 bits per heavy atom. The van der Waals surface area contributed by atoms with Crippen LogP contribution in [0.3, 0.4) is 0 Å². The van der Waals surface area contributed by atoms with E-state index in [1.807, 2.05) is 32.4 Å². The molecule has 0 radical (unpaired) electrons. The Hall–Kier alpha value is -3.33. The van der Waals surface area contributed by atoms with Crippen molar-refractivity contribution in [3.8, 4) is 28.1 Å². The maximum Gasteiger partial charge on any atom is 0.119 e. The largest absolute Gasteiger partial charge is 0.497 e. The van der Waals surface area contributed by atoms with Gasteiger partial charge in [0, 0.05) is 31.5 Å². The highest BCUT2D eigenvalue weighted by Gasteiger charge is 2.13. The van der Waals surface area contributed by atoms with Gasteiger partial charge in [-0.25, -0.2) is 0 Å². The van der Waals surface area contributed by atoms with Gasteiger partial charge < -0.3 is 9.64 Å². The van der Waals surface area contributed by atoms with Gasteiger partial charge in [-0.1, -0.05) is 42.5 Å². The molecule has 0 aliphatic heterocycles. The van der Waals surface area contributed by atoms with Gasteiger partial charge in [-0.15, -0.1) is 0 Å². The van der Waals surface area contributed by atoms with Crippen LogP contribution in [-0.2, 0) is 0 Å². The molecular weight excluding hydrogens is 332 g/mol. The topological polar surface area (TPSA) is 25.4 Å². The minimum atomic E-state index is 0.838. The Morgan fingerprint density at radius 1 is 0.778 bits per heavy atom. The zero-order valence-corrected chi connectivity index (χ0v) is 15.8. The molecule has 0 unspecified atom stereocenters. The molecule has 0 fully saturated rings. The number of anilines is 1. The zero-order chi connectivity index (χ0) is 18.8. The minimum Gasteiger partial charge on any atom is -0.497 e. The Balaban J connectivity index is 1.98. The molecular formula is C24H22N2O. The summed E-state index contributed by atoms with van der Waals surface area (Å²) in [6, 6.07) is 25.2. The Kier molecular flexibility index (Phi) is 4.51. The highest BCUT2D eigenvalue weighted by molar-refractivity contribution is 6.00. The van der Waals surface area contributed by atoms with Crippen molar-refractivity contribution < 1.29 is 4.74 Å². The molecule has 0 N–H and O–H groups in total.